The Morgan fingerprint density at radius 3 is 2.65 bits per heavy atom. The van der Waals surface area contributed by atoms with Crippen molar-refractivity contribution in [2.45, 2.75) is 25.9 Å². The highest BCUT2D eigenvalue weighted by Gasteiger charge is 2.16. The van der Waals surface area contributed by atoms with Gasteiger partial charge < -0.3 is 9.47 Å². The fourth-order valence-corrected chi connectivity index (χ4v) is 1.41. The van der Waals surface area contributed by atoms with Crippen LogP contribution in [-0.4, -0.2) is 19.3 Å². The smallest absolute Gasteiger partial charge is 0.120 e. The molecule has 0 atom stereocenters. The minimum absolute atomic E-state index is 0.198. The maximum Gasteiger partial charge on any atom is 0.120 e. The van der Waals surface area contributed by atoms with Crippen molar-refractivity contribution in [3.05, 3.63) is 28.8 Å². The molecule has 1 aromatic rings. The van der Waals surface area contributed by atoms with E-state index in [1.165, 1.54) is 0 Å². The Hall–Kier alpha value is -1.24. The first-order valence-electron chi connectivity index (χ1n) is 5.36. The summed E-state index contributed by atoms with van der Waals surface area (Å²) >= 11 is 5.90. The van der Waals surface area contributed by atoms with Crippen molar-refractivity contribution in [1.29, 1.82) is 5.26 Å². The lowest BCUT2D eigenvalue weighted by Crippen LogP contribution is -2.25. The van der Waals surface area contributed by atoms with Gasteiger partial charge in [-0.1, -0.05) is 11.6 Å². The van der Waals surface area contributed by atoms with Crippen LogP contribution in [0.2, 0.25) is 5.02 Å². The van der Waals surface area contributed by atoms with E-state index in [4.69, 9.17) is 26.3 Å². The van der Waals surface area contributed by atoms with Crippen LogP contribution in [0, 0.1) is 11.3 Å². The Bertz CT molecular complexity index is 424. The van der Waals surface area contributed by atoms with Gasteiger partial charge in [-0.2, -0.15) is 5.26 Å². The predicted molar refractivity (Wildman–Crippen MR) is 67.4 cm³/mol. The minimum atomic E-state index is -0.198. The summed E-state index contributed by atoms with van der Waals surface area (Å²) in [6.07, 6.45) is 0.779. The third-order valence-electron chi connectivity index (χ3n) is 2.59. The summed E-state index contributed by atoms with van der Waals surface area (Å²) in [5.74, 6) is 0.668. The zero-order valence-corrected chi connectivity index (χ0v) is 11.0. The molecule has 3 nitrogen and oxygen atoms in total. The summed E-state index contributed by atoms with van der Waals surface area (Å²) in [4.78, 5) is 0. The first-order chi connectivity index (χ1) is 7.98. The van der Waals surface area contributed by atoms with Gasteiger partial charge in [0.25, 0.3) is 0 Å². The summed E-state index contributed by atoms with van der Waals surface area (Å²) in [5, 5.41) is 9.15. The van der Waals surface area contributed by atoms with Gasteiger partial charge in [0.05, 0.1) is 22.8 Å². The largest absolute Gasteiger partial charge is 0.493 e. The molecule has 17 heavy (non-hydrogen) atoms. The number of halogens is 1. The minimum Gasteiger partial charge on any atom is -0.493 e. The molecule has 0 saturated carbocycles. The number of nitriles is 1. The fraction of sp³-hybridized carbons (Fsp3) is 0.462. The molecule has 0 radical (unpaired) electrons. The molecule has 0 aliphatic carbocycles. The number of hydrogen-bond donors (Lipinski definition) is 0. The lowest BCUT2D eigenvalue weighted by atomic mass is 10.1. The Balaban J connectivity index is 2.54. The van der Waals surface area contributed by atoms with E-state index in [2.05, 4.69) is 0 Å². The van der Waals surface area contributed by atoms with Gasteiger partial charge in [-0.05, 0) is 26.0 Å². The van der Waals surface area contributed by atoms with Gasteiger partial charge in [-0.15, -0.1) is 0 Å². The number of nitrogens with zero attached hydrogens (tertiary/aromatic N) is 1. The van der Waals surface area contributed by atoms with E-state index in [0.717, 1.165) is 6.42 Å². The number of rotatable bonds is 5. The summed E-state index contributed by atoms with van der Waals surface area (Å²) in [6, 6.07) is 7.05. The van der Waals surface area contributed by atoms with Crippen LogP contribution in [0.25, 0.3) is 0 Å². The van der Waals surface area contributed by atoms with E-state index < -0.39 is 0 Å². The van der Waals surface area contributed by atoms with E-state index >= 15 is 0 Å². The predicted octanol–water partition coefficient (Wildman–Crippen LogP) is 3.41. The molecule has 0 amide bonds. The standard InChI is InChI=1S/C13H16ClNO2/c1-13(2,16-3)6-7-17-11-5-4-10(9-15)12(14)8-11/h4-5,8H,6-7H2,1-3H3. The van der Waals surface area contributed by atoms with Crippen molar-refractivity contribution in [1.82, 2.24) is 0 Å². The van der Waals surface area contributed by atoms with Crippen molar-refractivity contribution >= 4 is 11.6 Å². The van der Waals surface area contributed by atoms with E-state index in [1.54, 1.807) is 25.3 Å². The quantitative estimate of drug-likeness (QED) is 0.808. The number of methoxy groups -OCH3 is 1. The molecule has 0 fully saturated rings. The molecule has 0 N–H and O–H groups in total. The summed E-state index contributed by atoms with van der Waals surface area (Å²) in [5.41, 5.74) is 0.257. The Morgan fingerprint density at radius 1 is 1.41 bits per heavy atom. The zero-order chi connectivity index (χ0) is 12.9. The van der Waals surface area contributed by atoms with Gasteiger partial charge in [0.1, 0.15) is 11.8 Å². The van der Waals surface area contributed by atoms with E-state index in [0.29, 0.717) is 22.9 Å². The van der Waals surface area contributed by atoms with Crippen molar-refractivity contribution < 1.29 is 9.47 Å². The molecule has 0 saturated heterocycles. The molecule has 1 rings (SSSR count). The van der Waals surface area contributed by atoms with Crippen LogP contribution in [-0.2, 0) is 4.74 Å². The highest BCUT2D eigenvalue weighted by molar-refractivity contribution is 6.31. The van der Waals surface area contributed by atoms with Gasteiger partial charge in [0.2, 0.25) is 0 Å². The van der Waals surface area contributed by atoms with Gasteiger partial charge in [0.15, 0.2) is 0 Å². The normalized spacial score (nSPS) is 11.0. The second-order valence-electron chi connectivity index (χ2n) is 4.32. The summed E-state index contributed by atoms with van der Waals surface area (Å²) in [6.45, 7) is 4.55. The van der Waals surface area contributed by atoms with Crippen LogP contribution in [0.5, 0.6) is 5.75 Å². The number of ether oxygens (including phenoxy) is 2. The van der Waals surface area contributed by atoms with Gasteiger partial charge in [-0.25, -0.2) is 0 Å². The first-order valence-corrected chi connectivity index (χ1v) is 5.74. The molecule has 0 spiro atoms. The van der Waals surface area contributed by atoms with Crippen LogP contribution in [0.3, 0.4) is 0 Å². The summed E-state index contributed by atoms with van der Waals surface area (Å²) in [7, 11) is 1.68. The second-order valence-corrected chi connectivity index (χ2v) is 4.72. The van der Waals surface area contributed by atoms with E-state index in [1.807, 2.05) is 19.9 Å². The van der Waals surface area contributed by atoms with Crippen molar-refractivity contribution in [3.8, 4) is 11.8 Å². The maximum atomic E-state index is 8.73. The molecular weight excluding hydrogens is 238 g/mol. The molecule has 0 bridgehead atoms. The third-order valence-corrected chi connectivity index (χ3v) is 2.90. The molecule has 0 aliphatic heterocycles. The highest BCUT2D eigenvalue weighted by Crippen LogP contribution is 2.22. The SMILES string of the molecule is COC(C)(C)CCOc1ccc(C#N)c(Cl)c1. The number of hydrogen-bond acceptors (Lipinski definition) is 3. The van der Waals surface area contributed by atoms with Crippen molar-refractivity contribution in [2.75, 3.05) is 13.7 Å². The average molecular weight is 254 g/mol. The molecule has 0 unspecified atom stereocenters. The average Bonchev–Trinajstić information content (AvgIpc) is 2.29. The number of benzene rings is 1. The topological polar surface area (TPSA) is 42.2 Å². The van der Waals surface area contributed by atoms with E-state index in [9.17, 15) is 0 Å². The monoisotopic (exact) mass is 253 g/mol. The lowest BCUT2D eigenvalue weighted by Gasteiger charge is -2.22. The maximum absolute atomic E-state index is 8.73. The van der Waals surface area contributed by atoms with E-state index in [-0.39, 0.29) is 5.60 Å². The van der Waals surface area contributed by atoms with Crippen LogP contribution in [0.15, 0.2) is 18.2 Å². The lowest BCUT2D eigenvalue weighted by molar-refractivity contribution is 0.00546. The Kier molecular flexibility index (Phi) is 4.80. The third kappa shape index (κ3) is 4.26. The summed E-state index contributed by atoms with van der Waals surface area (Å²) < 4.78 is 10.8. The second kappa shape index (κ2) is 5.90. The van der Waals surface area contributed by atoms with Crippen LogP contribution >= 0.6 is 11.6 Å². The molecular formula is C13H16ClNO2. The molecule has 4 heteroatoms. The zero-order valence-electron chi connectivity index (χ0n) is 10.3. The van der Waals surface area contributed by atoms with Crippen molar-refractivity contribution in [3.63, 3.8) is 0 Å². The fourth-order valence-electron chi connectivity index (χ4n) is 1.19. The highest BCUT2D eigenvalue weighted by atomic mass is 35.5. The van der Waals surface area contributed by atoms with Gasteiger partial charge >= 0.3 is 0 Å². The Labute approximate surface area is 107 Å². The molecule has 0 aromatic heterocycles. The van der Waals surface area contributed by atoms with Crippen LogP contribution in [0.1, 0.15) is 25.8 Å². The molecule has 92 valence electrons. The molecule has 0 aliphatic rings. The Morgan fingerprint density at radius 2 is 2.12 bits per heavy atom. The van der Waals surface area contributed by atoms with Gasteiger partial charge in [0, 0.05) is 19.6 Å². The molecule has 1 aromatic carbocycles. The molecule has 0 heterocycles. The van der Waals surface area contributed by atoms with Gasteiger partial charge in [-0.3, -0.25) is 0 Å². The van der Waals surface area contributed by atoms with Crippen molar-refractivity contribution in [2.24, 2.45) is 0 Å². The van der Waals surface area contributed by atoms with Crippen LogP contribution < -0.4 is 4.74 Å². The van der Waals surface area contributed by atoms with Crippen LogP contribution in [0.4, 0.5) is 0 Å². The first kappa shape index (κ1) is 13.8.